The van der Waals surface area contributed by atoms with E-state index >= 15 is 0 Å². The molecule has 1 heterocycles. The van der Waals surface area contributed by atoms with Gasteiger partial charge in [0, 0.05) is 12.3 Å². The third kappa shape index (κ3) is 1.68. The van der Waals surface area contributed by atoms with Gasteiger partial charge in [-0.2, -0.15) is 8.78 Å². The van der Waals surface area contributed by atoms with E-state index in [-0.39, 0.29) is 4.57 Å². The van der Waals surface area contributed by atoms with Crippen LogP contribution in [0, 0.1) is 10.1 Å². The number of hydrogen-bond acceptors (Lipinski definition) is 3. The van der Waals surface area contributed by atoms with Gasteiger partial charge >= 0.3 is 17.8 Å². The Kier molecular flexibility index (Phi) is 2.36. The predicted molar refractivity (Wildman–Crippen MR) is 38.6 cm³/mol. The molecule has 0 unspecified atom stereocenters. The first-order valence-electron chi connectivity index (χ1n) is 3.17. The van der Waals surface area contributed by atoms with E-state index in [0.29, 0.717) is 0 Å². The molecular formula is C6H4F2N2O3. The Morgan fingerprint density at radius 1 is 1.54 bits per heavy atom. The molecular weight excluding hydrogens is 186 g/mol. The topological polar surface area (TPSA) is 65.1 Å². The highest BCUT2D eigenvalue weighted by Gasteiger charge is 2.17. The summed E-state index contributed by atoms with van der Waals surface area (Å²) in [5.41, 5.74) is -2.16. The van der Waals surface area contributed by atoms with Gasteiger partial charge in [-0.15, -0.1) is 0 Å². The van der Waals surface area contributed by atoms with E-state index < -0.39 is 22.7 Å². The highest BCUT2D eigenvalue weighted by molar-refractivity contribution is 5.25. The van der Waals surface area contributed by atoms with Crippen LogP contribution in [0.25, 0.3) is 0 Å². The van der Waals surface area contributed by atoms with Crippen molar-refractivity contribution in [2.75, 3.05) is 0 Å². The molecule has 1 rings (SSSR count). The molecule has 0 aromatic carbocycles. The fraction of sp³-hybridized carbons (Fsp3) is 0.167. The number of nitro groups is 1. The molecule has 0 bridgehead atoms. The molecule has 7 heteroatoms. The Morgan fingerprint density at radius 2 is 2.15 bits per heavy atom. The highest BCUT2D eigenvalue weighted by atomic mass is 19.3. The van der Waals surface area contributed by atoms with E-state index in [2.05, 4.69) is 0 Å². The van der Waals surface area contributed by atoms with Crippen LogP contribution in [0.2, 0.25) is 0 Å². The van der Waals surface area contributed by atoms with Crippen molar-refractivity contribution in [3.05, 3.63) is 38.8 Å². The maximum absolute atomic E-state index is 12.0. The van der Waals surface area contributed by atoms with Gasteiger partial charge in [0.1, 0.15) is 0 Å². The number of pyridine rings is 1. The average molecular weight is 190 g/mol. The predicted octanol–water partition coefficient (Wildman–Crippen LogP) is 1.15. The second-order valence-electron chi connectivity index (χ2n) is 2.14. The zero-order valence-corrected chi connectivity index (χ0v) is 6.18. The second-order valence-corrected chi connectivity index (χ2v) is 2.14. The Morgan fingerprint density at radius 3 is 2.62 bits per heavy atom. The van der Waals surface area contributed by atoms with Gasteiger partial charge < -0.3 is 0 Å². The molecule has 1 aromatic heterocycles. The van der Waals surface area contributed by atoms with Gasteiger partial charge in [-0.3, -0.25) is 19.5 Å². The van der Waals surface area contributed by atoms with Crippen LogP contribution in [-0.4, -0.2) is 9.49 Å². The lowest BCUT2D eigenvalue weighted by atomic mass is 10.4. The third-order valence-electron chi connectivity index (χ3n) is 1.36. The number of alkyl halides is 2. The molecule has 0 amide bonds. The number of nitrogens with zero attached hydrogens (tertiary/aromatic N) is 2. The van der Waals surface area contributed by atoms with Gasteiger partial charge in [0.05, 0.1) is 4.92 Å². The van der Waals surface area contributed by atoms with Crippen LogP contribution in [0.5, 0.6) is 0 Å². The molecule has 13 heavy (non-hydrogen) atoms. The Bertz CT molecular complexity index is 388. The summed E-state index contributed by atoms with van der Waals surface area (Å²) in [6.07, 6.45) is 0.792. The van der Waals surface area contributed by atoms with E-state index in [4.69, 9.17) is 0 Å². The number of halogens is 2. The summed E-state index contributed by atoms with van der Waals surface area (Å²) >= 11 is 0. The van der Waals surface area contributed by atoms with Gasteiger partial charge in [-0.05, 0) is 6.07 Å². The van der Waals surface area contributed by atoms with Crippen molar-refractivity contribution < 1.29 is 13.7 Å². The standard InChI is InChI=1S/C6H4F2N2O3/c7-6(8)9-3-1-2-4(5(9)11)10(12)13/h1-3,6H. The van der Waals surface area contributed by atoms with Crippen molar-refractivity contribution in [1.82, 2.24) is 4.57 Å². The molecule has 1 aromatic rings. The minimum absolute atomic E-state index is 0.00185. The van der Waals surface area contributed by atoms with E-state index in [9.17, 15) is 23.7 Å². The second kappa shape index (κ2) is 3.30. The van der Waals surface area contributed by atoms with E-state index in [0.717, 1.165) is 18.3 Å². The van der Waals surface area contributed by atoms with Gasteiger partial charge in [0.2, 0.25) is 0 Å². The molecule has 0 saturated carbocycles. The maximum atomic E-state index is 12.0. The summed E-state index contributed by atoms with van der Waals surface area (Å²) in [6, 6.07) is 1.90. The first-order chi connectivity index (χ1) is 6.04. The molecule has 0 aliphatic rings. The Labute approximate surface area is 70.4 Å². The van der Waals surface area contributed by atoms with Crippen molar-refractivity contribution in [2.45, 2.75) is 6.55 Å². The summed E-state index contributed by atoms with van der Waals surface area (Å²) < 4.78 is 24.0. The Hall–Kier alpha value is -1.79. The lowest BCUT2D eigenvalue weighted by molar-refractivity contribution is -0.386. The molecule has 5 nitrogen and oxygen atoms in total. The molecule has 0 fully saturated rings. The summed E-state index contributed by atoms with van der Waals surface area (Å²) in [7, 11) is 0. The van der Waals surface area contributed by atoms with E-state index in [1.54, 1.807) is 0 Å². The Balaban J connectivity index is 3.36. The fourth-order valence-corrected chi connectivity index (χ4v) is 0.791. The molecule has 0 spiro atoms. The molecule has 70 valence electrons. The van der Waals surface area contributed by atoms with E-state index in [1.165, 1.54) is 0 Å². The average Bonchev–Trinajstić information content (AvgIpc) is 2.03. The molecule has 0 radical (unpaired) electrons. The van der Waals surface area contributed by atoms with Gasteiger partial charge in [-0.1, -0.05) is 0 Å². The summed E-state index contributed by atoms with van der Waals surface area (Å²) in [6.45, 7) is -3.06. The van der Waals surface area contributed by atoms with Crippen LogP contribution in [0.15, 0.2) is 23.1 Å². The zero-order valence-electron chi connectivity index (χ0n) is 6.18. The lowest BCUT2D eigenvalue weighted by Crippen LogP contribution is -2.22. The quantitative estimate of drug-likeness (QED) is 0.519. The van der Waals surface area contributed by atoms with E-state index in [1.807, 2.05) is 0 Å². The largest absolute Gasteiger partial charge is 0.334 e. The minimum Gasteiger partial charge on any atom is -0.261 e. The third-order valence-corrected chi connectivity index (χ3v) is 1.36. The fourth-order valence-electron chi connectivity index (χ4n) is 0.791. The maximum Gasteiger partial charge on any atom is 0.334 e. The number of hydrogen-bond donors (Lipinski definition) is 0. The lowest BCUT2D eigenvalue weighted by Gasteiger charge is -2.01. The molecule has 0 aliphatic carbocycles. The first-order valence-corrected chi connectivity index (χ1v) is 3.17. The van der Waals surface area contributed by atoms with Crippen LogP contribution < -0.4 is 5.56 Å². The molecule has 0 atom stereocenters. The van der Waals surface area contributed by atoms with Crippen LogP contribution in [0.1, 0.15) is 6.55 Å². The first kappa shape index (κ1) is 9.30. The van der Waals surface area contributed by atoms with Crippen LogP contribution in [-0.2, 0) is 0 Å². The SMILES string of the molecule is O=c1c([N+](=O)[O-])cccn1C(F)F. The number of aromatic nitrogens is 1. The van der Waals surface area contributed by atoms with Crippen molar-refractivity contribution in [1.29, 1.82) is 0 Å². The number of rotatable bonds is 2. The monoisotopic (exact) mass is 190 g/mol. The van der Waals surface area contributed by atoms with Gasteiger partial charge in [0.15, 0.2) is 0 Å². The summed E-state index contributed by atoms with van der Waals surface area (Å²) in [4.78, 5) is 20.0. The van der Waals surface area contributed by atoms with Crippen molar-refractivity contribution in [3.8, 4) is 0 Å². The normalized spacial score (nSPS) is 10.4. The minimum atomic E-state index is -3.06. The molecule has 0 aliphatic heterocycles. The van der Waals surface area contributed by atoms with Crippen LogP contribution >= 0.6 is 0 Å². The van der Waals surface area contributed by atoms with Gasteiger partial charge in [-0.25, -0.2) is 0 Å². The smallest absolute Gasteiger partial charge is 0.261 e. The molecule has 0 saturated heterocycles. The molecule has 0 N–H and O–H groups in total. The summed E-state index contributed by atoms with van der Waals surface area (Å²) in [5.74, 6) is 0. The zero-order chi connectivity index (χ0) is 10.0. The van der Waals surface area contributed by atoms with Gasteiger partial charge in [0.25, 0.3) is 0 Å². The van der Waals surface area contributed by atoms with Crippen molar-refractivity contribution in [3.63, 3.8) is 0 Å². The van der Waals surface area contributed by atoms with Crippen LogP contribution in [0.3, 0.4) is 0 Å². The summed E-state index contributed by atoms with van der Waals surface area (Å²) in [5, 5.41) is 10.1. The highest BCUT2D eigenvalue weighted by Crippen LogP contribution is 2.09. The van der Waals surface area contributed by atoms with Crippen LogP contribution in [0.4, 0.5) is 14.5 Å². The van der Waals surface area contributed by atoms with Crippen molar-refractivity contribution in [2.24, 2.45) is 0 Å². The van der Waals surface area contributed by atoms with Crippen molar-refractivity contribution >= 4 is 5.69 Å².